The number of hydrogen-bond donors (Lipinski definition) is 0. The van der Waals surface area contributed by atoms with Crippen LogP contribution < -0.4 is 4.74 Å². The van der Waals surface area contributed by atoms with E-state index < -0.39 is 0 Å². The largest absolute Gasteiger partial charge is 0.486 e. The van der Waals surface area contributed by atoms with Gasteiger partial charge in [-0.1, -0.05) is 23.7 Å². The third-order valence-corrected chi connectivity index (χ3v) is 3.43. The van der Waals surface area contributed by atoms with Crippen LogP contribution in [-0.2, 0) is 13.7 Å². The van der Waals surface area contributed by atoms with Crippen LogP contribution in [0.15, 0.2) is 48.8 Å². The fourth-order valence-corrected chi connectivity index (χ4v) is 2.46. The van der Waals surface area contributed by atoms with E-state index in [9.17, 15) is 0 Å². The van der Waals surface area contributed by atoms with Crippen LogP contribution in [0.2, 0.25) is 5.02 Å². The van der Waals surface area contributed by atoms with Crippen LogP contribution in [0.25, 0.3) is 10.9 Å². The van der Waals surface area contributed by atoms with Gasteiger partial charge in [0, 0.05) is 18.6 Å². The lowest BCUT2D eigenvalue weighted by molar-refractivity contribution is 0.296. The average molecular weight is 273 g/mol. The molecule has 96 valence electrons. The number of pyridine rings is 1. The minimum absolute atomic E-state index is 0.493. The highest BCUT2D eigenvalue weighted by atomic mass is 35.5. The summed E-state index contributed by atoms with van der Waals surface area (Å²) >= 11 is 6.22. The molecule has 0 bridgehead atoms. The molecule has 0 aliphatic rings. The van der Waals surface area contributed by atoms with Crippen molar-refractivity contribution in [3.8, 4) is 5.75 Å². The van der Waals surface area contributed by atoms with Gasteiger partial charge in [-0.05, 0) is 24.3 Å². The molecule has 0 radical (unpaired) electrons. The Kier molecular flexibility index (Phi) is 3.13. The molecule has 0 aliphatic carbocycles. The Morgan fingerprint density at radius 2 is 2.16 bits per heavy atom. The van der Waals surface area contributed by atoms with E-state index in [0.717, 1.165) is 27.4 Å². The van der Waals surface area contributed by atoms with Crippen molar-refractivity contribution in [3.05, 3.63) is 59.5 Å². The Balaban J connectivity index is 1.90. The average Bonchev–Trinajstić information content (AvgIpc) is 2.76. The van der Waals surface area contributed by atoms with E-state index in [0.29, 0.717) is 6.61 Å². The molecule has 0 N–H and O–H groups in total. The highest BCUT2D eigenvalue weighted by molar-refractivity contribution is 6.35. The maximum Gasteiger partial charge on any atom is 0.138 e. The van der Waals surface area contributed by atoms with Gasteiger partial charge >= 0.3 is 0 Å². The van der Waals surface area contributed by atoms with Gasteiger partial charge in [0.15, 0.2) is 0 Å². The van der Waals surface area contributed by atoms with Crippen LogP contribution in [0.1, 0.15) is 5.69 Å². The third kappa shape index (κ3) is 2.29. The summed E-state index contributed by atoms with van der Waals surface area (Å²) in [6.45, 7) is 0.493. The minimum atomic E-state index is 0.493. The number of hydrogen-bond acceptors (Lipinski definition) is 2. The molecule has 0 fully saturated rings. The molecule has 19 heavy (non-hydrogen) atoms. The monoisotopic (exact) mass is 272 g/mol. The number of halogens is 1. The summed E-state index contributed by atoms with van der Waals surface area (Å²) in [7, 11) is 2.00. The van der Waals surface area contributed by atoms with E-state index in [1.165, 1.54) is 0 Å². The number of benzene rings is 1. The van der Waals surface area contributed by atoms with Crippen LogP contribution in [0, 0.1) is 0 Å². The summed E-state index contributed by atoms with van der Waals surface area (Å²) in [6.07, 6.45) is 3.43. The first-order valence-corrected chi connectivity index (χ1v) is 6.39. The highest BCUT2D eigenvalue weighted by Gasteiger charge is 2.09. The van der Waals surface area contributed by atoms with Crippen molar-refractivity contribution in [2.45, 2.75) is 6.61 Å². The zero-order valence-electron chi connectivity index (χ0n) is 10.5. The summed E-state index contributed by atoms with van der Waals surface area (Å²) < 4.78 is 7.78. The summed E-state index contributed by atoms with van der Waals surface area (Å²) in [6, 6.07) is 11.7. The molecule has 3 nitrogen and oxygen atoms in total. The maximum absolute atomic E-state index is 6.22. The van der Waals surface area contributed by atoms with Crippen LogP contribution in [-0.4, -0.2) is 9.55 Å². The third-order valence-electron chi connectivity index (χ3n) is 3.13. The van der Waals surface area contributed by atoms with E-state index in [1.54, 1.807) is 12.4 Å². The van der Waals surface area contributed by atoms with Gasteiger partial charge in [0.25, 0.3) is 0 Å². The molecule has 0 aliphatic heterocycles. The topological polar surface area (TPSA) is 27.1 Å². The lowest BCUT2D eigenvalue weighted by atomic mass is 10.2. The quantitative estimate of drug-likeness (QED) is 0.725. The summed E-state index contributed by atoms with van der Waals surface area (Å²) in [4.78, 5) is 4.02. The Morgan fingerprint density at radius 3 is 2.89 bits per heavy atom. The van der Waals surface area contributed by atoms with Gasteiger partial charge < -0.3 is 9.30 Å². The van der Waals surface area contributed by atoms with Gasteiger partial charge in [0.1, 0.15) is 12.4 Å². The molecule has 0 unspecified atom stereocenters. The van der Waals surface area contributed by atoms with Gasteiger partial charge in [-0.25, -0.2) is 0 Å². The van der Waals surface area contributed by atoms with E-state index in [-0.39, 0.29) is 0 Å². The molecule has 4 heteroatoms. The highest BCUT2D eigenvalue weighted by Crippen LogP contribution is 2.26. The number of rotatable bonds is 3. The van der Waals surface area contributed by atoms with Crippen molar-refractivity contribution in [1.82, 2.24) is 9.55 Å². The maximum atomic E-state index is 6.22. The second-order valence-corrected chi connectivity index (χ2v) is 4.76. The van der Waals surface area contributed by atoms with Gasteiger partial charge in [-0.3, -0.25) is 4.98 Å². The number of fused-ring (bicyclic) bond motifs is 1. The number of ether oxygens (including phenoxy) is 1. The summed E-state index contributed by atoms with van der Waals surface area (Å²) in [5.74, 6) is 0.763. The van der Waals surface area contributed by atoms with Crippen LogP contribution in [0.4, 0.5) is 0 Å². The molecule has 0 saturated heterocycles. The molecule has 2 heterocycles. The van der Waals surface area contributed by atoms with Crippen molar-refractivity contribution in [2.24, 2.45) is 7.05 Å². The molecule has 3 aromatic rings. The van der Waals surface area contributed by atoms with Gasteiger partial charge in [-0.2, -0.15) is 0 Å². The van der Waals surface area contributed by atoms with Crippen molar-refractivity contribution >= 4 is 22.5 Å². The predicted molar refractivity (Wildman–Crippen MR) is 76.5 cm³/mol. The fourth-order valence-electron chi connectivity index (χ4n) is 2.15. The van der Waals surface area contributed by atoms with Crippen LogP contribution in [0.5, 0.6) is 5.75 Å². The number of aromatic nitrogens is 2. The van der Waals surface area contributed by atoms with Crippen molar-refractivity contribution in [1.29, 1.82) is 0 Å². The zero-order valence-corrected chi connectivity index (χ0v) is 11.3. The molecule has 0 amide bonds. The van der Waals surface area contributed by atoms with Gasteiger partial charge in [0.05, 0.1) is 22.4 Å². The Labute approximate surface area is 116 Å². The molecule has 0 saturated carbocycles. The Hall–Kier alpha value is -2.00. The Bertz CT molecular complexity index is 707. The molecular formula is C15H13ClN2O. The van der Waals surface area contributed by atoms with Crippen molar-refractivity contribution in [3.63, 3.8) is 0 Å². The van der Waals surface area contributed by atoms with Crippen molar-refractivity contribution < 1.29 is 4.74 Å². The van der Waals surface area contributed by atoms with E-state index >= 15 is 0 Å². The lowest BCUT2D eigenvalue weighted by Crippen LogP contribution is -2.01. The molecule has 3 rings (SSSR count). The van der Waals surface area contributed by atoms with Gasteiger partial charge in [-0.15, -0.1) is 0 Å². The van der Waals surface area contributed by atoms with E-state index in [1.807, 2.05) is 31.3 Å². The standard InChI is InChI=1S/C15H13ClN2O/c1-18-12(10-19-13-5-3-7-17-9-13)8-11-4-2-6-14(16)15(11)18/h2-9H,10H2,1H3. The number of nitrogens with zero attached hydrogens (tertiary/aromatic N) is 2. The second-order valence-electron chi connectivity index (χ2n) is 4.35. The SMILES string of the molecule is Cn1c(COc2cccnc2)cc2cccc(Cl)c21. The van der Waals surface area contributed by atoms with Gasteiger partial charge in [0.2, 0.25) is 0 Å². The molecule has 1 aromatic carbocycles. The lowest BCUT2D eigenvalue weighted by Gasteiger charge is -2.07. The molecule has 0 spiro atoms. The fraction of sp³-hybridized carbons (Fsp3) is 0.133. The van der Waals surface area contributed by atoms with Crippen molar-refractivity contribution in [2.75, 3.05) is 0 Å². The Morgan fingerprint density at radius 1 is 1.26 bits per heavy atom. The normalized spacial score (nSPS) is 10.8. The molecule has 0 atom stereocenters. The molecular weight excluding hydrogens is 260 g/mol. The van der Waals surface area contributed by atoms with E-state index in [4.69, 9.17) is 16.3 Å². The van der Waals surface area contributed by atoms with Crippen LogP contribution >= 0.6 is 11.6 Å². The molecule has 2 aromatic heterocycles. The zero-order chi connectivity index (χ0) is 13.2. The first kappa shape index (κ1) is 12.1. The number of para-hydroxylation sites is 1. The first-order valence-electron chi connectivity index (χ1n) is 6.01. The predicted octanol–water partition coefficient (Wildman–Crippen LogP) is 3.81. The second kappa shape index (κ2) is 4.94. The summed E-state index contributed by atoms with van der Waals surface area (Å²) in [5, 5.41) is 1.88. The number of aryl methyl sites for hydroxylation is 1. The summed E-state index contributed by atoms with van der Waals surface area (Å²) in [5.41, 5.74) is 2.11. The smallest absolute Gasteiger partial charge is 0.138 e. The minimum Gasteiger partial charge on any atom is -0.486 e. The van der Waals surface area contributed by atoms with Crippen LogP contribution in [0.3, 0.4) is 0 Å². The van der Waals surface area contributed by atoms with E-state index in [2.05, 4.69) is 21.7 Å². The first-order chi connectivity index (χ1) is 9.25.